The zero-order valence-electron chi connectivity index (χ0n) is 7.04. The van der Waals surface area contributed by atoms with Gasteiger partial charge in [0, 0.05) is 12.8 Å². The summed E-state index contributed by atoms with van der Waals surface area (Å²) in [5, 5.41) is 0. The lowest BCUT2D eigenvalue weighted by Gasteiger charge is -2.12. The molecule has 0 aromatic heterocycles. The Hall–Kier alpha value is -0.790. The van der Waals surface area contributed by atoms with Crippen molar-refractivity contribution >= 4 is 5.97 Å². The van der Waals surface area contributed by atoms with Crippen molar-refractivity contribution in [1.82, 2.24) is 0 Å². The number of esters is 1. The molecule has 0 fully saturated rings. The van der Waals surface area contributed by atoms with Crippen molar-refractivity contribution in [3.8, 4) is 0 Å². The van der Waals surface area contributed by atoms with E-state index in [9.17, 15) is 4.79 Å². The van der Waals surface area contributed by atoms with E-state index in [4.69, 9.17) is 4.74 Å². The van der Waals surface area contributed by atoms with Crippen molar-refractivity contribution in [3.05, 3.63) is 12.2 Å². The maximum Gasteiger partial charge on any atom is 0.308 e. The summed E-state index contributed by atoms with van der Waals surface area (Å²) in [4.78, 5) is 11.0. The zero-order valence-corrected chi connectivity index (χ0v) is 7.04. The molecule has 0 spiro atoms. The highest BCUT2D eigenvalue weighted by atomic mass is 16.5. The van der Waals surface area contributed by atoms with Crippen molar-refractivity contribution in [2.75, 3.05) is 0 Å². The molecule has 0 unspecified atom stereocenters. The van der Waals surface area contributed by atoms with Crippen LogP contribution in [0, 0.1) is 5.92 Å². The van der Waals surface area contributed by atoms with Gasteiger partial charge in [0.2, 0.25) is 0 Å². The van der Waals surface area contributed by atoms with Gasteiger partial charge in [0.25, 0.3) is 0 Å². The van der Waals surface area contributed by atoms with Gasteiger partial charge < -0.3 is 4.74 Å². The average Bonchev–Trinajstić information content (AvgIpc) is 2.39. The van der Waals surface area contributed by atoms with Crippen LogP contribution in [0.4, 0.5) is 0 Å². The Kier molecular flexibility index (Phi) is 2.69. The van der Waals surface area contributed by atoms with Crippen LogP contribution in [0.15, 0.2) is 12.2 Å². The Morgan fingerprint density at radius 1 is 1.45 bits per heavy atom. The second-order valence-electron chi connectivity index (χ2n) is 3.16. The predicted molar refractivity (Wildman–Crippen MR) is 43.1 cm³/mol. The van der Waals surface area contributed by atoms with E-state index in [1.807, 2.05) is 13.8 Å². The molecule has 2 heteroatoms. The first-order chi connectivity index (χ1) is 5.20. The summed E-state index contributed by atoms with van der Waals surface area (Å²) in [5.74, 6) is -0.0886. The fourth-order valence-corrected chi connectivity index (χ4v) is 0.989. The molecule has 0 bridgehead atoms. The average molecular weight is 154 g/mol. The molecule has 0 amide bonds. The van der Waals surface area contributed by atoms with Crippen LogP contribution in [0.25, 0.3) is 0 Å². The van der Waals surface area contributed by atoms with Crippen molar-refractivity contribution in [2.24, 2.45) is 5.92 Å². The van der Waals surface area contributed by atoms with Crippen LogP contribution >= 0.6 is 0 Å². The van der Waals surface area contributed by atoms with Crippen molar-refractivity contribution < 1.29 is 9.53 Å². The highest BCUT2D eigenvalue weighted by molar-refractivity contribution is 5.71. The van der Waals surface area contributed by atoms with Gasteiger partial charge in [-0.05, 0) is 0 Å². The molecule has 0 aliphatic heterocycles. The molecule has 0 atom stereocenters. The van der Waals surface area contributed by atoms with Crippen LogP contribution in [-0.2, 0) is 9.53 Å². The van der Waals surface area contributed by atoms with Gasteiger partial charge in [0.15, 0.2) is 0 Å². The minimum Gasteiger partial charge on any atom is -0.462 e. The Balaban J connectivity index is 2.25. The summed E-state index contributed by atoms with van der Waals surface area (Å²) >= 11 is 0. The first-order valence-corrected chi connectivity index (χ1v) is 4.05. The first-order valence-electron chi connectivity index (χ1n) is 4.05. The molecule has 0 N–H and O–H groups in total. The largest absolute Gasteiger partial charge is 0.462 e. The van der Waals surface area contributed by atoms with Crippen molar-refractivity contribution in [3.63, 3.8) is 0 Å². The highest BCUT2D eigenvalue weighted by Gasteiger charge is 2.16. The molecule has 1 aliphatic rings. The van der Waals surface area contributed by atoms with Gasteiger partial charge in [-0.2, -0.15) is 0 Å². The van der Waals surface area contributed by atoms with Crippen LogP contribution in [0.5, 0.6) is 0 Å². The lowest BCUT2D eigenvalue weighted by Crippen LogP contribution is -2.19. The number of carbonyl (C=O) groups excluding carboxylic acids is 1. The van der Waals surface area contributed by atoms with Gasteiger partial charge in [-0.3, -0.25) is 4.79 Å². The lowest BCUT2D eigenvalue weighted by molar-refractivity contribution is -0.152. The molecule has 2 nitrogen and oxygen atoms in total. The first kappa shape index (κ1) is 8.31. The number of hydrogen-bond acceptors (Lipinski definition) is 2. The van der Waals surface area contributed by atoms with E-state index in [-0.39, 0.29) is 18.0 Å². The molecule has 0 aromatic rings. The molecular formula is C9H14O2. The summed E-state index contributed by atoms with van der Waals surface area (Å²) in [6, 6.07) is 0. The smallest absolute Gasteiger partial charge is 0.308 e. The van der Waals surface area contributed by atoms with E-state index < -0.39 is 0 Å². The molecule has 62 valence electrons. The van der Waals surface area contributed by atoms with Gasteiger partial charge in [-0.1, -0.05) is 26.0 Å². The van der Waals surface area contributed by atoms with E-state index in [2.05, 4.69) is 12.2 Å². The number of carbonyl (C=O) groups is 1. The summed E-state index contributed by atoms with van der Waals surface area (Å²) in [6.45, 7) is 3.70. The van der Waals surface area contributed by atoms with E-state index in [1.54, 1.807) is 0 Å². The van der Waals surface area contributed by atoms with Crippen LogP contribution in [0.3, 0.4) is 0 Å². The summed E-state index contributed by atoms with van der Waals surface area (Å²) < 4.78 is 5.17. The third-order valence-corrected chi connectivity index (χ3v) is 1.72. The van der Waals surface area contributed by atoms with E-state index in [1.165, 1.54) is 0 Å². The molecular weight excluding hydrogens is 140 g/mol. The topological polar surface area (TPSA) is 26.3 Å². The van der Waals surface area contributed by atoms with Crippen molar-refractivity contribution in [2.45, 2.75) is 32.8 Å². The third kappa shape index (κ3) is 2.37. The second kappa shape index (κ2) is 3.56. The minimum absolute atomic E-state index is 0.00407. The maximum atomic E-state index is 11.0. The van der Waals surface area contributed by atoms with E-state index >= 15 is 0 Å². The summed E-state index contributed by atoms with van der Waals surface area (Å²) in [5.41, 5.74) is 0. The Morgan fingerprint density at radius 3 is 2.45 bits per heavy atom. The van der Waals surface area contributed by atoms with E-state index in [0.29, 0.717) is 0 Å². The quantitative estimate of drug-likeness (QED) is 0.448. The van der Waals surface area contributed by atoms with Gasteiger partial charge in [-0.25, -0.2) is 0 Å². The highest BCUT2D eigenvalue weighted by Crippen LogP contribution is 2.14. The minimum atomic E-state index is -0.0845. The summed E-state index contributed by atoms with van der Waals surface area (Å²) in [6.07, 6.45) is 6.00. The fraction of sp³-hybridized carbons (Fsp3) is 0.667. The zero-order chi connectivity index (χ0) is 8.27. The van der Waals surface area contributed by atoms with Crippen LogP contribution in [-0.4, -0.2) is 12.1 Å². The second-order valence-corrected chi connectivity index (χ2v) is 3.16. The maximum absolute atomic E-state index is 11.0. The SMILES string of the molecule is CC(C)C(=O)OC1CC=CC1. The van der Waals surface area contributed by atoms with Gasteiger partial charge in [-0.15, -0.1) is 0 Å². The fourth-order valence-electron chi connectivity index (χ4n) is 0.989. The summed E-state index contributed by atoms with van der Waals surface area (Å²) in [7, 11) is 0. The van der Waals surface area contributed by atoms with Crippen LogP contribution in [0.1, 0.15) is 26.7 Å². The van der Waals surface area contributed by atoms with Gasteiger partial charge in [0.05, 0.1) is 5.92 Å². The Labute approximate surface area is 67.2 Å². The van der Waals surface area contributed by atoms with Crippen molar-refractivity contribution in [1.29, 1.82) is 0 Å². The molecule has 1 aliphatic carbocycles. The molecule has 0 heterocycles. The number of rotatable bonds is 2. The molecule has 0 radical (unpaired) electrons. The van der Waals surface area contributed by atoms with Gasteiger partial charge >= 0.3 is 5.97 Å². The van der Waals surface area contributed by atoms with E-state index in [0.717, 1.165) is 12.8 Å². The third-order valence-electron chi connectivity index (χ3n) is 1.72. The molecule has 11 heavy (non-hydrogen) atoms. The molecule has 0 saturated carbocycles. The molecule has 0 aromatic carbocycles. The standard InChI is InChI=1S/C9H14O2/c1-7(2)9(10)11-8-5-3-4-6-8/h3-4,7-8H,5-6H2,1-2H3. The van der Waals surface area contributed by atoms with Gasteiger partial charge in [0.1, 0.15) is 6.10 Å². The Morgan fingerprint density at radius 2 is 2.00 bits per heavy atom. The lowest BCUT2D eigenvalue weighted by atomic mass is 10.2. The van der Waals surface area contributed by atoms with Crippen LogP contribution in [0.2, 0.25) is 0 Å². The predicted octanol–water partition coefficient (Wildman–Crippen LogP) is 1.90. The monoisotopic (exact) mass is 154 g/mol. The number of ether oxygens (including phenoxy) is 1. The normalized spacial score (nSPS) is 17.7. The molecule has 0 saturated heterocycles. The molecule has 1 rings (SSSR count). The van der Waals surface area contributed by atoms with Crippen LogP contribution < -0.4 is 0 Å². The Bertz CT molecular complexity index is 162. The number of hydrogen-bond donors (Lipinski definition) is 0.